The van der Waals surface area contributed by atoms with Crippen LogP contribution >= 0.6 is 0 Å². The van der Waals surface area contributed by atoms with Crippen LogP contribution in [0.3, 0.4) is 0 Å². The number of amides is 3. The first-order valence-corrected chi connectivity index (χ1v) is 10.6. The fourth-order valence-corrected chi connectivity index (χ4v) is 4.03. The first kappa shape index (κ1) is 21.5. The van der Waals surface area contributed by atoms with Gasteiger partial charge in [0.05, 0.1) is 26.1 Å². The molecule has 166 valence electrons. The number of hydrogen-bond donors (Lipinski definition) is 2. The van der Waals surface area contributed by atoms with E-state index < -0.39 is 29.9 Å². The number of ether oxygens (including phenoxy) is 1. The maximum atomic E-state index is 13.0. The minimum absolute atomic E-state index is 0.0276. The molecule has 2 atom stereocenters. The first-order chi connectivity index (χ1) is 15.5. The number of nitrogens with zero attached hydrogens (tertiary/aromatic N) is 1. The third-order valence-corrected chi connectivity index (χ3v) is 5.75. The molecule has 8 nitrogen and oxygen atoms in total. The van der Waals surface area contributed by atoms with Crippen molar-refractivity contribution < 1.29 is 23.9 Å². The van der Waals surface area contributed by atoms with Crippen molar-refractivity contribution in [1.82, 2.24) is 15.5 Å². The minimum atomic E-state index is -0.737. The quantitative estimate of drug-likeness (QED) is 0.616. The van der Waals surface area contributed by atoms with Gasteiger partial charge in [0.2, 0.25) is 11.8 Å². The van der Waals surface area contributed by atoms with E-state index in [1.54, 1.807) is 41.3 Å². The summed E-state index contributed by atoms with van der Waals surface area (Å²) in [5, 5.41) is 5.45. The fourth-order valence-electron chi connectivity index (χ4n) is 4.03. The number of carbonyl (C=O) groups excluding carboxylic acids is 4. The second kappa shape index (κ2) is 9.21. The molecule has 1 aliphatic heterocycles. The molecule has 1 saturated carbocycles. The molecule has 0 radical (unpaired) electrons. The second-order valence-corrected chi connectivity index (χ2v) is 7.96. The normalized spacial score (nSPS) is 18.0. The van der Waals surface area contributed by atoms with Crippen molar-refractivity contribution in [2.75, 3.05) is 13.7 Å². The highest BCUT2D eigenvalue weighted by Crippen LogP contribution is 2.41. The van der Waals surface area contributed by atoms with E-state index in [1.165, 1.54) is 7.11 Å². The summed E-state index contributed by atoms with van der Waals surface area (Å²) < 4.78 is 4.74. The van der Waals surface area contributed by atoms with Crippen LogP contribution in [0, 0.1) is 0 Å². The average Bonchev–Trinajstić information content (AvgIpc) is 3.61. The molecule has 2 aliphatic rings. The summed E-state index contributed by atoms with van der Waals surface area (Å²) in [6.45, 7) is -0.269. The molecule has 8 heteroatoms. The maximum Gasteiger partial charge on any atom is 0.307 e. The molecule has 1 aliphatic carbocycles. The third kappa shape index (κ3) is 4.49. The summed E-state index contributed by atoms with van der Waals surface area (Å²) in [4.78, 5) is 51.8. The van der Waals surface area contributed by atoms with E-state index in [2.05, 4.69) is 10.6 Å². The Hall–Kier alpha value is -3.68. The van der Waals surface area contributed by atoms with Gasteiger partial charge in [0.1, 0.15) is 6.04 Å². The zero-order chi connectivity index (χ0) is 22.7. The topological polar surface area (TPSA) is 105 Å². The molecule has 1 heterocycles. The number of hydrogen-bond acceptors (Lipinski definition) is 5. The fraction of sp³-hybridized carbons (Fsp3) is 0.333. The minimum Gasteiger partial charge on any atom is -0.469 e. The Morgan fingerprint density at radius 2 is 1.75 bits per heavy atom. The van der Waals surface area contributed by atoms with E-state index in [1.807, 2.05) is 18.2 Å². The zero-order valence-corrected chi connectivity index (χ0v) is 17.7. The summed E-state index contributed by atoms with van der Waals surface area (Å²) in [6, 6.07) is 14.9. The van der Waals surface area contributed by atoms with Gasteiger partial charge in [-0.05, 0) is 30.0 Å². The van der Waals surface area contributed by atoms with Crippen LogP contribution in [-0.4, -0.2) is 48.3 Å². The molecule has 2 aromatic rings. The van der Waals surface area contributed by atoms with Gasteiger partial charge >= 0.3 is 5.97 Å². The molecule has 2 aromatic carbocycles. The number of carbonyl (C=O) groups is 4. The number of nitrogens with one attached hydrogen (secondary N) is 2. The van der Waals surface area contributed by atoms with Gasteiger partial charge in [-0.15, -0.1) is 0 Å². The van der Waals surface area contributed by atoms with Crippen molar-refractivity contribution >= 4 is 23.7 Å². The monoisotopic (exact) mass is 435 g/mol. The van der Waals surface area contributed by atoms with Crippen LogP contribution in [0.25, 0.3) is 0 Å². The molecular formula is C24H25N3O5. The average molecular weight is 435 g/mol. The number of fused-ring (bicyclic) bond motifs is 1. The summed E-state index contributed by atoms with van der Waals surface area (Å²) >= 11 is 0. The summed E-state index contributed by atoms with van der Waals surface area (Å²) in [5.41, 5.74) is 1.95. The van der Waals surface area contributed by atoms with E-state index in [-0.39, 0.29) is 24.9 Å². The molecular weight excluding hydrogens is 410 g/mol. The SMILES string of the molecule is COC(=O)C[C@H](NC(=O)CNC(=O)[C@@H]1c2ccccc2C(=O)N1C1CC1)c1ccccc1. The van der Waals surface area contributed by atoms with Gasteiger partial charge in [0, 0.05) is 11.6 Å². The molecule has 4 rings (SSSR count). The van der Waals surface area contributed by atoms with Gasteiger partial charge in [0.25, 0.3) is 5.91 Å². The van der Waals surface area contributed by atoms with Gasteiger partial charge in [-0.25, -0.2) is 0 Å². The van der Waals surface area contributed by atoms with Crippen LogP contribution < -0.4 is 10.6 Å². The summed E-state index contributed by atoms with van der Waals surface area (Å²) in [5.74, 6) is -1.43. The molecule has 32 heavy (non-hydrogen) atoms. The number of rotatable bonds is 8. The Labute approximate surface area is 185 Å². The van der Waals surface area contributed by atoms with Crippen LogP contribution in [0.1, 0.15) is 52.8 Å². The van der Waals surface area contributed by atoms with Crippen LogP contribution in [0.5, 0.6) is 0 Å². The Bertz CT molecular complexity index is 1030. The van der Waals surface area contributed by atoms with Crippen molar-refractivity contribution in [3.63, 3.8) is 0 Å². The van der Waals surface area contributed by atoms with Gasteiger partial charge < -0.3 is 20.3 Å². The van der Waals surface area contributed by atoms with Crippen LogP contribution in [0.2, 0.25) is 0 Å². The Morgan fingerprint density at radius 3 is 2.44 bits per heavy atom. The highest BCUT2D eigenvalue weighted by Gasteiger charge is 2.47. The lowest BCUT2D eigenvalue weighted by Gasteiger charge is -2.24. The highest BCUT2D eigenvalue weighted by atomic mass is 16.5. The third-order valence-electron chi connectivity index (χ3n) is 5.75. The lowest BCUT2D eigenvalue weighted by molar-refractivity contribution is -0.141. The lowest BCUT2D eigenvalue weighted by Crippen LogP contribution is -2.44. The molecule has 0 bridgehead atoms. The molecule has 0 spiro atoms. The second-order valence-electron chi connectivity index (χ2n) is 7.96. The smallest absolute Gasteiger partial charge is 0.307 e. The summed E-state index contributed by atoms with van der Waals surface area (Å²) in [6.07, 6.45) is 1.71. The van der Waals surface area contributed by atoms with Crippen molar-refractivity contribution in [3.8, 4) is 0 Å². The Balaban J connectivity index is 1.42. The Kier molecular flexibility index (Phi) is 6.20. The van der Waals surface area contributed by atoms with E-state index in [9.17, 15) is 19.2 Å². The van der Waals surface area contributed by atoms with Crippen LogP contribution in [-0.2, 0) is 19.1 Å². The standard InChI is InChI=1S/C24H25N3O5/c1-32-21(29)13-19(15-7-3-2-4-8-15)26-20(28)14-25-23(30)22-17-9-5-6-10-18(17)24(31)27(22)16-11-12-16/h2-10,16,19,22H,11-14H2,1H3,(H,25,30)(H,26,28)/t19-,22-/m0/s1. The van der Waals surface area contributed by atoms with E-state index >= 15 is 0 Å². The number of methoxy groups -OCH3 is 1. The molecule has 0 saturated heterocycles. The predicted octanol–water partition coefficient (Wildman–Crippen LogP) is 1.88. The van der Waals surface area contributed by atoms with Crippen molar-refractivity contribution in [2.45, 2.75) is 37.4 Å². The molecule has 1 fully saturated rings. The zero-order valence-electron chi connectivity index (χ0n) is 17.7. The predicted molar refractivity (Wildman–Crippen MR) is 115 cm³/mol. The van der Waals surface area contributed by atoms with E-state index in [4.69, 9.17) is 4.74 Å². The van der Waals surface area contributed by atoms with Gasteiger partial charge in [0.15, 0.2) is 0 Å². The lowest BCUT2D eigenvalue weighted by atomic mass is 10.0. The van der Waals surface area contributed by atoms with Crippen molar-refractivity contribution in [3.05, 3.63) is 71.3 Å². The number of benzene rings is 2. The Morgan fingerprint density at radius 1 is 1.06 bits per heavy atom. The van der Waals surface area contributed by atoms with Crippen LogP contribution in [0.4, 0.5) is 0 Å². The van der Waals surface area contributed by atoms with Crippen LogP contribution in [0.15, 0.2) is 54.6 Å². The number of esters is 1. The summed E-state index contributed by atoms with van der Waals surface area (Å²) in [7, 11) is 1.29. The van der Waals surface area contributed by atoms with E-state index in [0.29, 0.717) is 11.1 Å². The van der Waals surface area contributed by atoms with Gasteiger partial charge in [-0.2, -0.15) is 0 Å². The van der Waals surface area contributed by atoms with Crippen molar-refractivity contribution in [2.24, 2.45) is 0 Å². The maximum absolute atomic E-state index is 13.0. The first-order valence-electron chi connectivity index (χ1n) is 10.6. The molecule has 3 amide bonds. The van der Waals surface area contributed by atoms with Crippen molar-refractivity contribution in [1.29, 1.82) is 0 Å². The molecule has 0 aromatic heterocycles. The van der Waals surface area contributed by atoms with E-state index in [0.717, 1.165) is 18.4 Å². The van der Waals surface area contributed by atoms with Gasteiger partial charge in [-0.1, -0.05) is 48.5 Å². The van der Waals surface area contributed by atoms with Gasteiger partial charge in [-0.3, -0.25) is 19.2 Å². The highest BCUT2D eigenvalue weighted by molar-refractivity contribution is 6.05. The molecule has 2 N–H and O–H groups in total. The largest absolute Gasteiger partial charge is 0.469 e. The molecule has 0 unspecified atom stereocenters.